The van der Waals surface area contributed by atoms with Gasteiger partial charge in [-0.25, -0.2) is 18.6 Å². The molecule has 0 aliphatic carbocycles. The van der Waals surface area contributed by atoms with Crippen molar-refractivity contribution in [3.8, 4) is 0 Å². The molecule has 120 valence electrons. The van der Waals surface area contributed by atoms with E-state index in [1.807, 2.05) is 6.92 Å². The lowest BCUT2D eigenvalue weighted by molar-refractivity contribution is 0.142. The largest absolute Gasteiger partial charge is 0.394 e. The molecule has 1 unspecified atom stereocenters. The Morgan fingerprint density at radius 1 is 1.50 bits per heavy atom. The molecule has 0 bridgehead atoms. The number of carbonyl (C=O) groups excluding carboxylic acids is 1. The van der Waals surface area contributed by atoms with Crippen molar-refractivity contribution in [3.63, 3.8) is 0 Å². The Morgan fingerprint density at radius 3 is 2.82 bits per heavy atom. The number of aromatic nitrogens is 2. The van der Waals surface area contributed by atoms with E-state index in [-0.39, 0.29) is 6.61 Å². The number of aromatic amines is 1. The fourth-order valence-electron chi connectivity index (χ4n) is 1.89. The molecule has 0 spiro atoms. The number of fused-ring (bicyclic) bond motifs is 1. The summed E-state index contributed by atoms with van der Waals surface area (Å²) in [6.45, 7) is 3.38. The second-order valence-corrected chi connectivity index (χ2v) is 5.31. The highest BCUT2D eigenvalue weighted by Gasteiger charge is 2.23. The minimum absolute atomic E-state index is 0.186. The lowest BCUT2D eigenvalue weighted by Gasteiger charge is -2.27. The first-order valence-electron chi connectivity index (χ1n) is 6.84. The van der Waals surface area contributed by atoms with Gasteiger partial charge in [-0.15, -0.1) is 0 Å². The summed E-state index contributed by atoms with van der Waals surface area (Å²) in [5.41, 5.74) is 0.528. The van der Waals surface area contributed by atoms with E-state index < -0.39 is 23.8 Å². The molecule has 22 heavy (non-hydrogen) atoms. The van der Waals surface area contributed by atoms with Crippen molar-refractivity contribution in [3.05, 3.63) is 24.0 Å². The number of amides is 2. The van der Waals surface area contributed by atoms with Gasteiger partial charge in [-0.2, -0.15) is 0 Å². The van der Waals surface area contributed by atoms with Crippen molar-refractivity contribution >= 4 is 22.8 Å². The Balaban J connectivity index is 2.13. The average molecular weight is 312 g/mol. The number of rotatable bonds is 5. The molecule has 1 heterocycles. The summed E-state index contributed by atoms with van der Waals surface area (Å²) >= 11 is 0. The number of hydrogen-bond donors (Lipinski definition) is 4. The minimum atomic E-state index is -2.68. The van der Waals surface area contributed by atoms with Gasteiger partial charge in [0.1, 0.15) is 0 Å². The maximum absolute atomic E-state index is 12.6. The maximum atomic E-state index is 12.6. The standard InChI is InChI=1S/C14H18F2N4O2/c1-3-14(2,7-21)20-13(22)17-8-4-5-9-10(6-8)19-12(18-9)11(15)16/h4-6,11,21H,3,7H2,1-2H3,(H,18,19)(H2,17,20,22). The van der Waals surface area contributed by atoms with Crippen LogP contribution in [0.5, 0.6) is 0 Å². The highest BCUT2D eigenvalue weighted by molar-refractivity contribution is 5.92. The summed E-state index contributed by atoms with van der Waals surface area (Å²) in [4.78, 5) is 18.2. The van der Waals surface area contributed by atoms with Gasteiger partial charge in [-0.3, -0.25) is 0 Å². The van der Waals surface area contributed by atoms with E-state index in [0.717, 1.165) is 0 Å². The lowest BCUT2D eigenvalue weighted by atomic mass is 10.0. The molecule has 6 nitrogen and oxygen atoms in total. The molecule has 2 amide bonds. The molecule has 0 radical (unpaired) electrons. The molecule has 0 saturated heterocycles. The molecule has 0 aliphatic heterocycles. The zero-order valence-corrected chi connectivity index (χ0v) is 12.3. The van der Waals surface area contributed by atoms with Crippen LogP contribution in [0, 0.1) is 0 Å². The third-order valence-corrected chi connectivity index (χ3v) is 3.51. The van der Waals surface area contributed by atoms with Gasteiger partial charge in [-0.05, 0) is 31.5 Å². The Labute approximate surface area is 125 Å². The Bertz CT molecular complexity index is 668. The van der Waals surface area contributed by atoms with E-state index in [1.54, 1.807) is 19.1 Å². The Hall–Kier alpha value is -2.22. The number of hydrogen-bond acceptors (Lipinski definition) is 3. The van der Waals surface area contributed by atoms with Crippen LogP contribution in [0.4, 0.5) is 19.3 Å². The summed E-state index contributed by atoms with van der Waals surface area (Å²) in [6, 6.07) is 4.15. The molecule has 0 aliphatic rings. The predicted octanol–water partition coefficient (Wildman–Crippen LogP) is 2.78. The van der Waals surface area contributed by atoms with Crippen molar-refractivity contribution < 1.29 is 18.7 Å². The number of carbonyl (C=O) groups is 1. The van der Waals surface area contributed by atoms with Crippen LogP contribution in [0.25, 0.3) is 11.0 Å². The van der Waals surface area contributed by atoms with Crippen LogP contribution in [0.15, 0.2) is 18.2 Å². The van der Waals surface area contributed by atoms with Gasteiger partial charge >= 0.3 is 6.03 Å². The van der Waals surface area contributed by atoms with Crippen molar-refractivity contribution in [2.24, 2.45) is 0 Å². The summed E-state index contributed by atoms with van der Waals surface area (Å²) in [7, 11) is 0. The summed E-state index contributed by atoms with van der Waals surface area (Å²) in [5, 5.41) is 14.5. The van der Waals surface area contributed by atoms with E-state index >= 15 is 0 Å². The number of aliphatic hydroxyl groups excluding tert-OH is 1. The summed E-state index contributed by atoms with van der Waals surface area (Å²) in [6.07, 6.45) is -2.12. The van der Waals surface area contributed by atoms with Crippen molar-refractivity contribution in [1.29, 1.82) is 0 Å². The minimum Gasteiger partial charge on any atom is -0.394 e. The number of imidazole rings is 1. The molecule has 8 heteroatoms. The fourth-order valence-corrected chi connectivity index (χ4v) is 1.89. The van der Waals surface area contributed by atoms with Crippen molar-refractivity contribution in [1.82, 2.24) is 15.3 Å². The maximum Gasteiger partial charge on any atom is 0.319 e. The Kier molecular flexibility index (Phi) is 4.60. The van der Waals surface area contributed by atoms with Crippen LogP contribution in [-0.2, 0) is 0 Å². The first-order chi connectivity index (χ1) is 10.4. The molecule has 1 atom stereocenters. The molecule has 0 fully saturated rings. The van der Waals surface area contributed by atoms with Crippen LogP contribution in [0.1, 0.15) is 32.5 Å². The number of halogens is 2. The monoisotopic (exact) mass is 312 g/mol. The Morgan fingerprint density at radius 2 is 2.23 bits per heavy atom. The topological polar surface area (TPSA) is 90.0 Å². The molecule has 1 aromatic heterocycles. The third-order valence-electron chi connectivity index (χ3n) is 3.51. The van der Waals surface area contributed by atoms with E-state index in [9.17, 15) is 18.7 Å². The third kappa shape index (κ3) is 3.51. The van der Waals surface area contributed by atoms with E-state index in [4.69, 9.17) is 0 Å². The zero-order valence-electron chi connectivity index (χ0n) is 12.3. The van der Waals surface area contributed by atoms with Crippen LogP contribution in [-0.4, -0.2) is 33.3 Å². The number of benzene rings is 1. The molecular formula is C14H18F2N4O2. The zero-order chi connectivity index (χ0) is 16.3. The lowest BCUT2D eigenvalue weighted by Crippen LogP contribution is -2.50. The molecule has 2 rings (SSSR count). The van der Waals surface area contributed by atoms with Gasteiger partial charge in [0.25, 0.3) is 6.43 Å². The van der Waals surface area contributed by atoms with Crippen molar-refractivity contribution in [2.45, 2.75) is 32.2 Å². The molecule has 0 saturated carbocycles. The van der Waals surface area contributed by atoms with E-state index in [1.165, 1.54) is 6.07 Å². The second-order valence-electron chi connectivity index (χ2n) is 5.31. The first kappa shape index (κ1) is 16.2. The first-order valence-corrected chi connectivity index (χ1v) is 6.84. The van der Waals surface area contributed by atoms with Gasteiger partial charge in [0.05, 0.1) is 23.2 Å². The van der Waals surface area contributed by atoms with Gasteiger partial charge in [0, 0.05) is 5.69 Å². The predicted molar refractivity (Wildman–Crippen MR) is 79.0 cm³/mol. The van der Waals surface area contributed by atoms with Gasteiger partial charge < -0.3 is 20.7 Å². The number of anilines is 1. The number of nitrogens with zero attached hydrogens (tertiary/aromatic N) is 1. The highest BCUT2D eigenvalue weighted by atomic mass is 19.3. The number of aliphatic hydroxyl groups is 1. The number of urea groups is 1. The van der Waals surface area contributed by atoms with Gasteiger partial charge in [-0.1, -0.05) is 6.92 Å². The molecule has 2 aromatic rings. The smallest absolute Gasteiger partial charge is 0.319 e. The van der Waals surface area contributed by atoms with Gasteiger partial charge in [0.2, 0.25) is 0 Å². The van der Waals surface area contributed by atoms with Crippen LogP contribution in [0.2, 0.25) is 0 Å². The number of alkyl halides is 2. The molecular weight excluding hydrogens is 294 g/mol. The fraction of sp³-hybridized carbons (Fsp3) is 0.429. The number of nitrogens with one attached hydrogen (secondary N) is 3. The van der Waals surface area contributed by atoms with Crippen molar-refractivity contribution in [2.75, 3.05) is 11.9 Å². The quantitative estimate of drug-likeness (QED) is 0.684. The average Bonchev–Trinajstić information content (AvgIpc) is 2.90. The van der Waals surface area contributed by atoms with E-state index in [2.05, 4.69) is 20.6 Å². The second kappa shape index (κ2) is 6.27. The summed E-state index contributed by atoms with van der Waals surface area (Å²) < 4.78 is 25.2. The number of H-pyrrole nitrogens is 1. The van der Waals surface area contributed by atoms with Gasteiger partial charge in [0.15, 0.2) is 5.82 Å². The SMILES string of the molecule is CCC(C)(CO)NC(=O)Nc1ccc2nc(C(F)F)[nH]c2c1. The highest BCUT2D eigenvalue weighted by Crippen LogP contribution is 2.22. The van der Waals surface area contributed by atoms with Crippen LogP contribution < -0.4 is 10.6 Å². The normalized spacial score (nSPS) is 14.1. The molecule has 1 aromatic carbocycles. The van der Waals surface area contributed by atoms with Crippen LogP contribution >= 0.6 is 0 Å². The molecule has 4 N–H and O–H groups in total. The summed E-state index contributed by atoms with van der Waals surface area (Å²) in [5.74, 6) is -0.407. The van der Waals surface area contributed by atoms with Crippen LogP contribution in [0.3, 0.4) is 0 Å². The van der Waals surface area contributed by atoms with E-state index in [0.29, 0.717) is 23.1 Å².